The molecule has 0 aliphatic carbocycles. The van der Waals surface area contributed by atoms with Crippen molar-refractivity contribution in [2.75, 3.05) is 13.1 Å². The van der Waals surface area contributed by atoms with Crippen molar-refractivity contribution in [2.45, 2.75) is 45.6 Å². The van der Waals surface area contributed by atoms with Crippen molar-refractivity contribution in [3.8, 4) is 0 Å². The van der Waals surface area contributed by atoms with Crippen molar-refractivity contribution >= 4 is 23.1 Å². The van der Waals surface area contributed by atoms with E-state index in [0.29, 0.717) is 18.0 Å². The molecule has 1 atom stereocenters. The van der Waals surface area contributed by atoms with Crippen LogP contribution in [0.1, 0.15) is 39.5 Å². The molecule has 0 aromatic heterocycles. The van der Waals surface area contributed by atoms with Crippen LogP contribution in [0.4, 0.5) is 0 Å². The normalized spacial score (nSPS) is 12.7. The summed E-state index contributed by atoms with van der Waals surface area (Å²) in [6, 6.07) is 0.233. The van der Waals surface area contributed by atoms with E-state index < -0.39 is 0 Å². The summed E-state index contributed by atoms with van der Waals surface area (Å²) in [6.07, 6.45) is 3.73. The van der Waals surface area contributed by atoms with Gasteiger partial charge in [-0.25, -0.2) is 0 Å². The Bertz CT molecular complexity index is 233. The molecule has 1 unspecified atom stereocenters. The summed E-state index contributed by atoms with van der Waals surface area (Å²) in [6.45, 7) is 5.36. The van der Waals surface area contributed by atoms with Gasteiger partial charge >= 0.3 is 0 Å². The third-order valence-electron chi connectivity index (χ3n) is 2.58. The quantitative estimate of drug-likeness (QED) is 0.595. The third kappa shape index (κ3) is 6.74. The number of carbonyl (C=O) groups excluding carboxylic acids is 1. The van der Waals surface area contributed by atoms with E-state index in [1.807, 2.05) is 0 Å². The fourth-order valence-electron chi connectivity index (χ4n) is 1.72. The predicted molar refractivity (Wildman–Crippen MR) is 71.2 cm³/mol. The minimum absolute atomic E-state index is 0.233. The van der Waals surface area contributed by atoms with Crippen molar-refractivity contribution < 1.29 is 4.79 Å². The van der Waals surface area contributed by atoms with Crippen molar-refractivity contribution in [1.82, 2.24) is 4.90 Å². The number of carbonyl (C=O) groups is 1. The highest BCUT2D eigenvalue weighted by atomic mass is 32.1. The fraction of sp³-hybridized carbons (Fsp3) is 0.818. The van der Waals surface area contributed by atoms with E-state index in [-0.39, 0.29) is 11.9 Å². The highest BCUT2D eigenvalue weighted by molar-refractivity contribution is 7.80. The van der Waals surface area contributed by atoms with E-state index in [1.165, 1.54) is 0 Å². The zero-order valence-corrected chi connectivity index (χ0v) is 11.1. The summed E-state index contributed by atoms with van der Waals surface area (Å²) in [7, 11) is 0. The molecule has 4 N–H and O–H groups in total. The summed E-state index contributed by atoms with van der Waals surface area (Å²) in [5.41, 5.74) is 10.8. The second-order valence-corrected chi connectivity index (χ2v) is 4.55. The Kier molecular flexibility index (Phi) is 8.11. The number of rotatable bonds is 9. The van der Waals surface area contributed by atoms with Gasteiger partial charge in [0.1, 0.15) is 0 Å². The third-order valence-corrected chi connectivity index (χ3v) is 2.75. The van der Waals surface area contributed by atoms with Crippen LogP contribution in [-0.4, -0.2) is 34.9 Å². The molecule has 16 heavy (non-hydrogen) atoms. The molecular weight excluding hydrogens is 222 g/mol. The molecule has 94 valence electrons. The van der Waals surface area contributed by atoms with Crippen LogP contribution in [0.2, 0.25) is 0 Å². The number of hydrogen-bond donors (Lipinski definition) is 2. The van der Waals surface area contributed by atoms with Crippen LogP contribution in [0.3, 0.4) is 0 Å². The molecule has 0 bridgehead atoms. The van der Waals surface area contributed by atoms with Gasteiger partial charge in [-0.2, -0.15) is 0 Å². The number of nitrogens with two attached hydrogens (primary N) is 2. The molecule has 1 amide bonds. The van der Waals surface area contributed by atoms with E-state index in [4.69, 9.17) is 23.7 Å². The number of thiocarbonyl (C=S) groups is 1. The molecular formula is C11H23N3OS. The lowest BCUT2D eigenvalue weighted by Gasteiger charge is -2.29. The predicted octanol–water partition coefficient (Wildman–Crippen LogP) is 1.03. The van der Waals surface area contributed by atoms with Gasteiger partial charge in [-0.15, -0.1) is 0 Å². The first-order chi connectivity index (χ1) is 7.51. The van der Waals surface area contributed by atoms with Crippen LogP contribution >= 0.6 is 12.2 Å². The molecule has 0 saturated carbocycles. The summed E-state index contributed by atoms with van der Waals surface area (Å²) >= 11 is 4.92. The molecule has 0 radical (unpaired) electrons. The lowest BCUT2D eigenvalue weighted by molar-refractivity contribution is -0.119. The highest BCUT2D eigenvalue weighted by Crippen LogP contribution is 2.10. The maximum Gasteiger partial charge on any atom is 0.231 e. The molecule has 0 fully saturated rings. The number of amides is 1. The maximum atomic E-state index is 11.0. The minimum Gasteiger partial charge on any atom is -0.393 e. The largest absolute Gasteiger partial charge is 0.393 e. The molecule has 0 aromatic carbocycles. The van der Waals surface area contributed by atoms with Gasteiger partial charge < -0.3 is 11.5 Å². The van der Waals surface area contributed by atoms with E-state index >= 15 is 0 Å². The number of hydrogen-bond acceptors (Lipinski definition) is 3. The van der Waals surface area contributed by atoms with E-state index in [2.05, 4.69) is 18.7 Å². The molecule has 0 spiro atoms. The van der Waals surface area contributed by atoms with Gasteiger partial charge in [-0.05, 0) is 19.4 Å². The van der Waals surface area contributed by atoms with Gasteiger partial charge in [-0.3, -0.25) is 9.69 Å². The molecule has 0 rings (SSSR count). The molecule has 4 nitrogen and oxygen atoms in total. The van der Waals surface area contributed by atoms with Gasteiger partial charge in [0, 0.05) is 12.5 Å². The monoisotopic (exact) mass is 245 g/mol. The highest BCUT2D eigenvalue weighted by Gasteiger charge is 2.18. The van der Waals surface area contributed by atoms with Gasteiger partial charge in [0.15, 0.2) is 0 Å². The van der Waals surface area contributed by atoms with E-state index in [1.54, 1.807) is 0 Å². The smallest absolute Gasteiger partial charge is 0.231 e. The minimum atomic E-state index is -0.294. The van der Waals surface area contributed by atoms with E-state index in [9.17, 15) is 4.79 Å². The fourth-order valence-corrected chi connectivity index (χ4v) is 1.91. The number of primary amides is 1. The molecule has 0 aliphatic heterocycles. The first-order valence-corrected chi connectivity index (χ1v) is 6.22. The van der Waals surface area contributed by atoms with Crippen molar-refractivity contribution in [2.24, 2.45) is 11.5 Å². The SMILES string of the molecule is CCCCN(CC(N)=O)C(CC)CC(N)=S. The van der Waals surface area contributed by atoms with Crippen LogP contribution in [0, 0.1) is 0 Å². The Balaban J connectivity index is 4.41. The summed E-state index contributed by atoms with van der Waals surface area (Å²) < 4.78 is 0. The zero-order valence-electron chi connectivity index (χ0n) is 10.2. The Hall–Kier alpha value is -0.680. The molecule has 0 aliphatic rings. The Morgan fingerprint density at radius 1 is 1.38 bits per heavy atom. The molecule has 5 heteroatoms. The Labute approximate surface area is 103 Å². The van der Waals surface area contributed by atoms with Crippen LogP contribution in [-0.2, 0) is 4.79 Å². The van der Waals surface area contributed by atoms with Crippen LogP contribution in [0.15, 0.2) is 0 Å². The standard InChI is InChI=1S/C11H23N3OS/c1-3-5-6-14(8-10(12)15)9(4-2)7-11(13)16/h9H,3-8H2,1-2H3,(H2,12,15)(H2,13,16). The number of unbranched alkanes of at least 4 members (excludes halogenated alkanes) is 1. The average molecular weight is 245 g/mol. The zero-order chi connectivity index (χ0) is 12.6. The van der Waals surface area contributed by atoms with Crippen LogP contribution < -0.4 is 11.5 Å². The second-order valence-electron chi connectivity index (χ2n) is 4.02. The maximum absolute atomic E-state index is 11.0. The average Bonchev–Trinajstić information content (AvgIpc) is 2.20. The Morgan fingerprint density at radius 3 is 2.38 bits per heavy atom. The number of nitrogens with zero attached hydrogens (tertiary/aromatic N) is 1. The lowest BCUT2D eigenvalue weighted by Crippen LogP contribution is -2.43. The first-order valence-electron chi connectivity index (χ1n) is 5.81. The van der Waals surface area contributed by atoms with Gasteiger partial charge in [0.25, 0.3) is 0 Å². The van der Waals surface area contributed by atoms with E-state index in [0.717, 1.165) is 25.8 Å². The lowest BCUT2D eigenvalue weighted by atomic mass is 10.1. The molecule has 0 heterocycles. The van der Waals surface area contributed by atoms with Crippen molar-refractivity contribution in [1.29, 1.82) is 0 Å². The first kappa shape index (κ1) is 15.3. The van der Waals surface area contributed by atoms with Gasteiger partial charge in [-0.1, -0.05) is 32.5 Å². The Morgan fingerprint density at radius 2 is 2.00 bits per heavy atom. The molecule has 0 aromatic rings. The topological polar surface area (TPSA) is 72.3 Å². The summed E-state index contributed by atoms with van der Waals surface area (Å²) in [4.78, 5) is 13.6. The van der Waals surface area contributed by atoms with Crippen LogP contribution in [0.5, 0.6) is 0 Å². The van der Waals surface area contributed by atoms with Crippen molar-refractivity contribution in [3.63, 3.8) is 0 Å². The van der Waals surface area contributed by atoms with Gasteiger partial charge in [0.2, 0.25) is 5.91 Å². The van der Waals surface area contributed by atoms with Crippen molar-refractivity contribution in [3.05, 3.63) is 0 Å². The van der Waals surface area contributed by atoms with Crippen LogP contribution in [0.25, 0.3) is 0 Å². The summed E-state index contributed by atoms with van der Waals surface area (Å²) in [5.74, 6) is -0.294. The second kappa shape index (κ2) is 8.47. The summed E-state index contributed by atoms with van der Waals surface area (Å²) in [5, 5.41) is 0. The molecule has 0 saturated heterocycles. The van der Waals surface area contributed by atoms with Gasteiger partial charge in [0.05, 0.1) is 11.5 Å².